The maximum atomic E-state index is 12.9. The average molecular weight is 506 g/mol. The quantitative estimate of drug-likeness (QED) is 0.376. The molecule has 0 saturated carbocycles. The van der Waals surface area contributed by atoms with E-state index < -0.39 is 0 Å². The van der Waals surface area contributed by atoms with Crippen LogP contribution in [0.2, 0.25) is 10.0 Å². The van der Waals surface area contributed by atoms with Gasteiger partial charge < -0.3 is 15.2 Å². The summed E-state index contributed by atoms with van der Waals surface area (Å²) in [7, 11) is 0. The number of nitrogens with one attached hydrogen (secondary N) is 2. The highest BCUT2D eigenvalue weighted by molar-refractivity contribution is 7.99. The van der Waals surface area contributed by atoms with E-state index in [2.05, 4.69) is 20.8 Å². The number of thioether (sulfide) groups is 1. The highest BCUT2D eigenvalue weighted by Gasteiger charge is 2.26. The molecule has 0 aliphatic rings. The second-order valence-electron chi connectivity index (χ2n) is 7.61. The number of carbonyl (C=O) groups excluding carboxylic acids is 2. The predicted octanol–water partition coefficient (Wildman–Crippen LogP) is 5.46. The van der Waals surface area contributed by atoms with Crippen LogP contribution in [0.15, 0.2) is 53.7 Å². The van der Waals surface area contributed by atoms with E-state index in [1.54, 1.807) is 12.1 Å². The number of nitrogens with zero attached hydrogens (tertiary/aromatic N) is 3. The molecule has 174 valence electrons. The summed E-state index contributed by atoms with van der Waals surface area (Å²) in [5.74, 6) is 0.452. The number of halogens is 2. The summed E-state index contributed by atoms with van der Waals surface area (Å²) in [6.45, 7) is 6.55. The van der Waals surface area contributed by atoms with E-state index in [4.69, 9.17) is 23.2 Å². The van der Waals surface area contributed by atoms with Gasteiger partial charge in [-0.25, -0.2) is 0 Å². The van der Waals surface area contributed by atoms with Crippen LogP contribution in [0.5, 0.6) is 0 Å². The highest BCUT2D eigenvalue weighted by atomic mass is 35.5. The van der Waals surface area contributed by atoms with Crippen molar-refractivity contribution in [2.45, 2.75) is 38.5 Å². The Morgan fingerprint density at radius 2 is 1.79 bits per heavy atom. The molecule has 7 nitrogen and oxygen atoms in total. The molecule has 0 aliphatic heterocycles. The lowest BCUT2D eigenvalue weighted by molar-refractivity contribution is -0.113. The number of para-hydroxylation sites is 1. The number of rotatable bonds is 9. The lowest BCUT2D eigenvalue weighted by Crippen LogP contribution is -2.33. The van der Waals surface area contributed by atoms with Gasteiger partial charge in [-0.2, -0.15) is 0 Å². The first-order chi connectivity index (χ1) is 15.8. The van der Waals surface area contributed by atoms with Gasteiger partial charge in [-0.15, -0.1) is 10.2 Å². The molecule has 1 heterocycles. The Morgan fingerprint density at radius 1 is 1.06 bits per heavy atom. The van der Waals surface area contributed by atoms with E-state index in [1.807, 2.05) is 55.7 Å². The minimum absolute atomic E-state index is 0.0467. The molecule has 0 aliphatic carbocycles. The van der Waals surface area contributed by atoms with Crippen molar-refractivity contribution in [1.82, 2.24) is 20.1 Å². The lowest BCUT2D eigenvalue weighted by Gasteiger charge is -2.22. The van der Waals surface area contributed by atoms with Crippen molar-refractivity contribution in [3.05, 3.63) is 70.0 Å². The summed E-state index contributed by atoms with van der Waals surface area (Å²) in [5, 5.41) is 15.8. The Balaban J connectivity index is 1.72. The monoisotopic (exact) mass is 505 g/mol. The molecule has 10 heteroatoms. The number of aromatic nitrogens is 3. The fourth-order valence-corrected chi connectivity index (χ4v) is 4.28. The van der Waals surface area contributed by atoms with Crippen LogP contribution in [0.25, 0.3) is 0 Å². The van der Waals surface area contributed by atoms with Gasteiger partial charge in [0.25, 0.3) is 5.91 Å². The normalized spacial score (nSPS) is 11.9. The molecule has 2 amide bonds. The average Bonchev–Trinajstić information content (AvgIpc) is 3.20. The van der Waals surface area contributed by atoms with Gasteiger partial charge in [0.15, 0.2) is 11.0 Å². The zero-order chi connectivity index (χ0) is 24.0. The molecule has 33 heavy (non-hydrogen) atoms. The predicted molar refractivity (Wildman–Crippen MR) is 133 cm³/mol. The Labute approximate surface area is 207 Å². The fraction of sp³-hybridized carbons (Fsp3) is 0.304. The van der Waals surface area contributed by atoms with Crippen LogP contribution in [0, 0.1) is 5.92 Å². The molecule has 2 N–H and O–H groups in total. The van der Waals surface area contributed by atoms with Crippen molar-refractivity contribution >= 4 is 52.5 Å². The third-order valence-electron chi connectivity index (χ3n) is 4.86. The zero-order valence-corrected chi connectivity index (χ0v) is 20.8. The van der Waals surface area contributed by atoms with Crippen molar-refractivity contribution in [1.29, 1.82) is 0 Å². The van der Waals surface area contributed by atoms with Gasteiger partial charge in [-0.1, -0.05) is 67.0 Å². The van der Waals surface area contributed by atoms with E-state index in [1.165, 1.54) is 17.8 Å². The number of carbonyl (C=O) groups is 2. The van der Waals surface area contributed by atoms with Crippen LogP contribution in [0.3, 0.4) is 0 Å². The van der Waals surface area contributed by atoms with Crippen molar-refractivity contribution < 1.29 is 9.59 Å². The molecule has 1 atom stereocenters. The first kappa shape index (κ1) is 25.1. The van der Waals surface area contributed by atoms with Crippen molar-refractivity contribution in [2.75, 3.05) is 11.1 Å². The SMILES string of the molecule is CCn1c(SCC(=O)Nc2ccccc2)nnc1[C@H](NC(=O)c1ccc(Cl)c(Cl)c1)C(C)C. The van der Waals surface area contributed by atoms with Crippen molar-refractivity contribution in [3.63, 3.8) is 0 Å². The molecular formula is C23H25Cl2N5O2S. The number of hydrogen-bond donors (Lipinski definition) is 2. The topological polar surface area (TPSA) is 88.9 Å². The Hall–Kier alpha value is -2.55. The first-order valence-electron chi connectivity index (χ1n) is 10.5. The molecule has 1 aromatic heterocycles. The van der Waals surface area contributed by atoms with E-state index in [0.29, 0.717) is 33.1 Å². The van der Waals surface area contributed by atoms with E-state index >= 15 is 0 Å². The summed E-state index contributed by atoms with van der Waals surface area (Å²) < 4.78 is 1.92. The van der Waals surface area contributed by atoms with E-state index in [0.717, 1.165) is 5.69 Å². The van der Waals surface area contributed by atoms with Crippen molar-refractivity contribution in [2.24, 2.45) is 5.92 Å². The van der Waals surface area contributed by atoms with Crippen LogP contribution < -0.4 is 10.6 Å². The Bertz CT molecular complexity index is 1120. The Morgan fingerprint density at radius 3 is 2.42 bits per heavy atom. The summed E-state index contributed by atoms with van der Waals surface area (Å²) in [4.78, 5) is 25.2. The smallest absolute Gasteiger partial charge is 0.251 e. The molecule has 0 unspecified atom stereocenters. The number of hydrogen-bond acceptors (Lipinski definition) is 5. The summed E-state index contributed by atoms with van der Waals surface area (Å²) in [6.07, 6.45) is 0. The molecule has 0 saturated heterocycles. The standard InChI is InChI=1S/C23H25Cl2N5O2S/c1-4-30-21(20(14(2)3)27-22(32)15-10-11-17(24)18(25)12-15)28-29-23(30)33-13-19(31)26-16-8-6-5-7-9-16/h5-12,14,20H,4,13H2,1-3H3,(H,26,31)(H,27,32)/t20-/m1/s1. The first-order valence-corrected chi connectivity index (χ1v) is 12.2. The van der Waals surface area contributed by atoms with Gasteiger partial charge in [0.2, 0.25) is 5.91 Å². The second-order valence-corrected chi connectivity index (χ2v) is 9.37. The molecule has 0 bridgehead atoms. The van der Waals surface area contributed by atoms with Gasteiger partial charge in [-0.3, -0.25) is 9.59 Å². The summed E-state index contributed by atoms with van der Waals surface area (Å²) in [5.41, 5.74) is 1.15. The molecule has 3 aromatic rings. The second kappa shape index (κ2) is 11.5. The largest absolute Gasteiger partial charge is 0.342 e. The highest BCUT2D eigenvalue weighted by Crippen LogP contribution is 2.27. The number of benzene rings is 2. The van der Waals surface area contributed by atoms with Crippen LogP contribution in [0.1, 0.15) is 43.0 Å². The number of amides is 2. The van der Waals surface area contributed by atoms with Gasteiger partial charge in [0.05, 0.1) is 21.8 Å². The molecule has 3 rings (SSSR count). The van der Waals surface area contributed by atoms with Gasteiger partial charge in [0, 0.05) is 17.8 Å². The minimum Gasteiger partial charge on any atom is -0.342 e. The third kappa shape index (κ3) is 6.50. The van der Waals surface area contributed by atoms with Gasteiger partial charge in [-0.05, 0) is 43.2 Å². The molecule has 2 aromatic carbocycles. The summed E-state index contributed by atoms with van der Waals surface area (Å²) >= 11 is 13.3. The molecule has 0 radical (unpaired) electrons. The maximum absolute atomic E-state index is 12.9. The van der Waals surface area contributed by atoms with Crippen molar-refractivity contribution in [3.8, 4) is 0 Å². The Kier molecular flexibility index (Phi) is 8.77. The fourth-order valence-electron chi connectivity index (χ4n) is 3.17. The van der Waals surface area contributed by atoms with Crippen LogP contribution >= 0.6 is 35.0 Å². The minimum atomic E-state index is -0.383. The van der Waals surface area contributed by atoms with Crippen LogP contribution in [0.4, 0.5) is 5.69 Å². The van der Waals surface area contributed by atoms with Crippen LogP contribution in [-0.2, 0) is 11.3 Å². The molecule has 0 fully saturated rings. The van der Waals surface area contributed by atoms with E-state index in [9.17, 15) is 9.59 Å². The summed E-state index contributed by atoms with van der Waals surface area (Å²) in [6, 6.07) is 13.6. The lowest BCUT2D eigenvalue weighted by atomic mass is 10.0. The molecular weight excluding hydrogens is 481 g/mol. The zero-order valence-electron chi connectivity index (χ0n) is 18.5. The number of anilines is 1. The van der Waals surface area contributed by atoms with Crippen LogP contribution in [-0.4, -0.2) is 32.3 Å². The van der Waals surface area contributed by atoms with Gasteiger partial charge >= 0.3 is 0 Å². The van der Waals surface area contributed by atoms with E-state index in [-0.39, 0.29) is 29.5 Å². The third-order valence-corrected chi connectivity index (χ3v) is 6.57. The van der Waals surface area contributed by atoms with Gasteiger partial charge in [0.1, 0.15) is 0 Å². The molecule has 0 spiro atoms. The maximum Gasteiger partial charge on any atom is 0.251 e.